The highest BCUT2D eigenvalue weighted by Gasteiger charge is 2.59. The van der Waals surface area contributed by atoms with Gasteiger partial charge in [0, 0.05) is 27.9 Å². The number of carbonyl (C=O) groups is 2. The van der Waals surface area contributed by atoms with Gasteiger partial charge in [0.2, 0.25) is 10.0 Å². The molecule has 154 valence electrons. The fraction of sp³-hybridized carbons (Fsp3) is 0.455. The van der Waals surface area contributed by atoms with Gasteiger partial charge in [0.1, 0.15) is 6.10 Å². The first-order valence-electron chi connectivity index (χ1n) is 9.71. The van der Waals surface area contributed by atoms with Crippen LogP contribution in [0, 0.1) is 16.7 Å². The van der Waals surface area contributed by atoms with Gasteiger partial charge in [-0.15, -0.1) is 0 Å². The van der Waals surface area contributed by atoms with E-state index in [2.05, 4.69) is 6.92 Å². The zero-order valence-electron chi connectivity index (χ0n) is 17.0. The number of sulfonamides is 1. The van der Waals surface area contributed by atoms with Gasteiger partial charge in [-0.1, -0.05) is 32.4 Å². The third-order valence-electron chi connectivity index (χ3n) is 6.82. The summed E-state index contributed by atoms with van der Waals surface area (Å²) in [6.07, 6.45) is 3.34. The Balaban J connectivity index is 1.67. The lowest BCUT2D eigenvalue weighted by Gasteiger charge is -2.35. The number of hydrogen-bond acceptors (Lipinski definition) is 5. The van der Waals surface area contributed by atoms with Crippen LogP contribution in [0.4, 0.5) is 0 Å². The number of primary sulfonamides is 1. The number of Topliss-reactive ketones (excluding diaryl/α,β-unsaturated/α-hetero) is 1. The Bertz CT molecular complexity index is 1090. The number of allylic oxidation sites excluding steroid dienone is 1. The van der Waals surface area contributed by atoms with E-state index in [1.165, 1.54) is 24.3 Å². The molecule has 0 bridgehead atoms. The Morgan fingerprint density at radius 1 is 1.17 bits per heavy atom. The Labute approximate surface area is 170 Å². The predicted molar refractivity (Wildman–Crippen MR) is 107 cm³/mol. The summed E-state index contributed by atoms with van der Waals surface area (Å²) in [6, 6.07) is 5.34. The smallest absolute Gasteiger partial charge is 0.338 e. The molecule has 0 heterocycles. The highest BCUT2D eigenvalue weighted by atomic mass is 32.2. The van der Waals surface area contributed by atoms with Crippen molar-refractivity contribution in [2.45, 2.75) is 51.5 Å². The van der Waals surface area contributed by atoms with E-state index in [1.54, 1.807) is 0 Å². The van der Waals surface area contributed by atoms with Crippen molar-refractivity contribution >= 4 is 21.8 Å². The SMILES string of the molecule is CC1=C2C(=CC(C)(C)[C@@H]2OC(=O)c2ccc(S(N)(=O)=O)cc2)C(=O)[C@@H](C)C12CC2. The van der Waals surface area contributed by atoms with Crippen molar-refractivity contribution in [1.82, 2.24) is 0 Å². The van der Waals surface area contributed by atoms with E-state index in [4.69, 9.17) is 9.88 Å². The topological polar surface area (TPSA) is 104 Å². The standard InChI is InChI=1S/C22H25NO5S/c1-12-17-16(18(24)13(2)22(12)9-10-22)11-21(3,4)19(17)28-20(25)14-5-7-15(8-6-14)29(23,26)27/h5-8,11,13,19H,9-10H2,1-4H3,(H2,23,26,27)/t13-,19-/m1/s1. The molecule has 1 saturated carbocycles. The van der Waals surface area contributed by atoms with Crippen molar-refractivity contribution in [2.24, 2.45) is 21.9 Å². The second-order valence-corrected chi connectivity index (χ2v) is 10.6. The van der Waals surface area contributed by atoms with Gasteiger partial charge in [-0.25, -0.2) is 18.4 Å². The van der Waals surface area contributed by atoms with Crippen molar-refractivity contribution in [1.29, 1.82) is 0 Å². The normalized spacial score (nSPS) is 26.9. The predicted octanol–water partition coefficient (Wildman–Crippen LogP) is 3.14. The maximum Gasteiger partial charge on any atom is 0.338 e. The van der Waals surface area contributed by atoms with Crippen LogP contribution in [-0.4, -0.2) is 26.3 Å². The highest BCUT2D eigenvalue weighted by molar-refractivity contribution is 7.89. The average molecular weight is 416 g/mol. The number of hydrogen-bond donors (Lipinski definition) is 1. The zero-order chi connectivity index (χ0) is 21.4. The number of esters is 1. The molecule has 7 heteroatoms. The Kier molecular flexibility index (Phi) is 4.23. The molecule has 4 rings (SSSR count). The van der Waals surface area contributed by atoms with Gasteiger partial charge in [0.05, 0.1) is 10.5 Å². The van der Waals surface area contributed by atoms with E-state index >= 15 is 0 Å². The molecule has 29 heavy (non-hydrogen) atoms. The molecule has 0 radical (unpaired) electrons. The first kappa shape index (κ1) is 20.0. The number of ether oxygens (including phenoxy) is 1. The van der Waals surface area contributed by atoms with E-state index in [9.17, 15) is 18.0 Å². The molecular formula is C22H25NO5S. The van der Waals surface area contributed by atoms with E-state index in [0.717, 1.165) is 24.0 Å². The number of carbonyl (C=O) groups excluding carboxylic acids is 2. The molecule has 0 unspecified atom stereocenters. The summed E-state index contributed by atoms with van der Waals surface area (Å²) in [5.41, 5.74) is 2.31. The number of rotatable bonds is 3. The Hall–Kier alpha value is -2.25. The summed E-state index contributed by atoms with van der Waals surface area (Å²) in [5, 5.41) is 5.11. The maximum atomic E-state index is 13.0. The number of benzene rings is 1. The van der Waals surface area contributed by atoms with Gasteiger partial charge < -0.3 is 4.74 Å². The molecule has 0 amide bonds. The third kappa shape index (κ3) is 2.99. The summed E-state index contributed by atoms with van der Waals surface area (Å²) >= 11 is 0. The maximum absolute atomic E-state index is 13.0. The van der Waals surface area contributed by atoms with Crippen LogP contribution in [0.15, 0.2) is 52.0 Å². The lowest BCUT2D eigenvalue weighted by molar-refractivity contribution is -0.120. The van der Waals surface area contributed by atoms with Crippen LogP contribution in [0.1, 0.15) is 50.9 Å². The molecule has 6 nitrogen and oxygen atoms in total. The monoisotopic (exact) mass is 415 g/mol. The molecule has 1 spiro atoms. The van der Waals surface area contributed by atoms with Gasteiger partial charge in [-0.05, 0) is 44.0 Å². The quantitative estimate of drug-likeness (QED) is 0.764. The number of fused-ring (bicyclic) bond motifs is 1. The number of nitrogens with two attached hydrogens (primary N) is 1. The van der Waals surface area contributed by atoms with Crippen molar-refractivity contribution in [3.63, 3.8) is 0 Å². The van der Waals surface area contributed by atoms with E-state index in [1.807, 2.05) is 26.8 Å². The van der Waals surface area contributed by atoms with Crippen molar-refractivity contribution in [3.8, 4) is 0 Å². The molecule has 2 N–H and O–H groups in total. The summed E-state index contributed by atoms with van der Waals surface area (Å²) in [5.74, 6) is -0.476. The Morgan fingerprint density at radius 2 is 1.76 bits per heavy atom. The van der Waals surface area contributed by atoms with Crippen LogP contribution < -0.4 is 5.14 Å². The van der Waals surface area contributed by atoms with E-state index in [0.29, 0.717) is 5.57 Å². The highest BCUT2D eigenvalue weighted by Crippen LogP contribution is 2.64. The lowest BCUT2D eigenvalue weighted by atomic mass is 9.70. The van der Waals surface area contributed by atoms with Gasteiger partial charge >= 0.3 is 5.97 Å². The van der Waals surface area contributed by atoms with Gasteiger partial charge in [0.25, 0.3) is 0 Å². The molecule has 2 atom stereocenters. The van der Waals surface area contributed by atoms with Crippen LogP contribution >= 0.6 is 0 Å². The molecule has 1 aromatic carbocycles. The lowest BCUT2D eigenvalue weighted by Crippen LogP contribution is -2.36. The molecule has 3 aliphatic carbocycles. The van der Waals surface area contributed by atoms with Crippen LogP contribution in [0.5, 0.6) is 0 Å². The second kappa shape index (κ2) is 6.12. The van der Waals surface area contributed by atoms with Crippen molar-refractivity contribution < 1.29 is 22.7 Å². The van der Waals surface area contributed by atoms with Crippen LogP contribution in [0.25, 0.3) is 0 Å². The fourth-order valence-electron chi connectivity index (χ4n) is 4.83. The summed E-state index contributed by atoms with van der Waals surface area (Å²) < 4.78 is 28.7. The number of ketones is 1. The summed E-state index contributed by atoms with van der Waals surface area (Å²) in [7, 11) is -3.83. The first-order valence-corrected chi connectivity index (χ1v) is 11.3. The second-order valence-electron chi connectivity index (χ2n) is 9.01. The van der Waals surface area contributed by atoms with Crippen LogP contribution in [-0.2, 0) is 19.6 Å². The third-order valence-corrected chi connectivity index (χ3v) is 7.74. The summed E-state index contributed by atoms with van der Waals surface area (Å²) in [6.45, 7) is 7.97. The van der Waals surface area contributed by atoms with Crippen molar-refractivity contribution in [3.05, 3.63) is 52.6 Å². The molecule has 1 fully saturated rings. The minimum Gasteiger partial charge on any atom is -0.453 e. The van der Waals surface area contributed by atoms with Gasteiger partial charge in [-0.2, -0.15) is 0 Å². The molecule has 0 aliphatic heterocycles. The zero-order valence-corrected chi connectivity index (χ0v) is 17.8. The molecular weight excluding hydrogens is 390 g/mol. The first-order chi connectivity index (χ1) is 13.4. The van der Waals surface area contributed by atoms with E-state index < -0.39 is 27.5 Å². The molecule has 0 saturated heterocycles. The average Bonchev–Trinajstić information content (AvgIpc) is 3.40. The van der Waals surface area contributed by atoms with Gasteiger partial charge in [-0.3, -0.25) is 4.79 Å². The van der Waals surface area contributed by atoms with Gasteiger partial charge in [0.15, 0.2) is 5.78 Å². The van der Waals surface area contributed by atoms with E-state index in [-0.39, 0.29) is 27.6 Å². The van der Waals surface area contributed by atoms with Crippen molar-refractivity contribution in [2.75, 3.05) is 0 Å². The minimum atomic E-state index is -3.83. The van der Waals surface area contributed by atoms with Crippen LogP contribution in [0.3, 0.4) is 0 Å². The Morgan fingerprint density at radius 3 is 2.28 bits per heavy atom. The fourth-order valence-corrected chi connectivity index (χ4v) is 5.34. The summed E-state index contributed by atoms with van der Waals surface area (Å²) in [4.78, 5) is 25.8. The molecule has 0 aromatic heterocycles. The molecule has 3 aliphatic rings. The van der Waals surface area contributed by atoms with Crippen LogP contribution in [0.2, 0.25) is 0 Å². The largest absolute Gasteiger partial charge is 0.453 e. The molecule has 1 aromatic rings. The minimum absolute atomic E-state index is 0.0477.